The number of piperidine rings is 2. The monoisotopic (exact) mass is 375 g/mol. The summed E-state index contributed by atoms with van der Waals surface area (Å²) in [5, 5.41) is 0. The molecule has 2 saturated heterocycles. The van der Waals surface area contributed by atoms with Gasteiger partial charge in [-0.15, -0.1) is 0 Å². The Morgan fingerprint density at radius 1 is 1.00 bits per heavy atom. The normalized spacial score (nSPS) is 25.2. The molecule has 0 radical (unpaired) electrons. The first-order valence-corrected chi connectivity index (χ1v) is 10.7. The number of aromatic nitrogens is 1. The van der Waals surface area contributed by atoms with Crippen LogP contribution >= 0.6 is 0 Å². The van der Waals surface area contributed by atoms with Crippen LogP contribution in [0.5, 0.6) is 0 Å². The van der Waals surface area contributed by atoms with Crippen LogP contribution in [0.1, 0.15) is 49.1 Å². The van der Waals surface area contributed by atoms with Crippen molar-refractivity contribution in [1.82, 2.24) is 14.8 Å². The Hall–Kier alpha value is -2.20. The number of pyridine rings is 1. The van der Waals surface area contributed by atoms with Gasteiger partial charge in [0.25, 0.3) is 0 Å². The topological polar surface area (TPSA) is 36.4 Å². The molecule has 3 heterocycles. The van der Waals surface area contributed by atoms with Gasteiger partial charge in [0, 0.05) is 31.5 Å². The minimum Gasteiger partial charge on any atom is -0.339 e. The second-order valence-corrected chi connectivity index (χ2v) is 9.00. The molecule has 0 bridgehead atoms. The largest absolute Gasteiger partial charge is 0.339 e. The van der Waals surface area contributed by atoms with E-state index in [0.717, 1.165) is 32.6 Å². The van der Waals surface area contributed by atoms with Crippen molar-refractivity contribution in [3.05, 3.63) is 66.0 Å². The first kappa shape index (κ1) is 17.9. The van der Waals surface area contributed by atoms with Crippen molar-refractivity contribution in [2.75, 3.05) is 19.6 Å². The Kier molecular flexibility index (Phi) is 4.67. The van der Waals surface area contributed by atoms with Crippen molar-refractivity contribution >= 4 is 5.91 Å². The molecule has 0 unspecified atom stereocenters. The number of hydrogen-bond acceptors (Lipinski definition) is 3. The van der Waals surface area contributed by atoms with Crippen LogP contribution in [-0.4, -0.2) is 46.4 Å². The van der Waals surface area contributed by atoms with Crippen molar-refractivity contribution in [3.8, 4) is 0 Å². The van der Waals surface area contributed by atoms with Crippen molar-refractivity contribution in [2.24, 2.45) is 5.41 Å². The number of nitrogens with zero attached hydrogens (tertiary/aromatic N) is 3. The number of amides is 1. The molecule has 146 valence electrons. The molecule has 3 aliphatic rings. The molecule has 0 N–H and O–H groups in total. The quantitative estimate of drug-likeness (QED) is 0.815. The average Bonchev–Trinajstić information content (AvgIpc) is 3.58. The van der Waals surface area contributed by atoms with Gasteiger partial charge in [-0.2, -0.15) is 0 Å². The van der Waals surface area contributed by atoms with E-state index < -0.39 is 0 Å². The van der Waals surface area contributed by atoms with Crippen molar-refractivity contribution in [1.29, 1.82) is 0 Å². The third-order valence-electron chi connectivity index (χ3n) is 6.99. The van der Waals surface area contributed by atoms with Crippen LogP contribution in [0.4, 0.5) is 0 Å². The number of hydrogen-bond donors (Lipinski definition) is 0. The first-order chi connectivity index (χ1) is 13.7. The fraction of sp³-hybridized carbons (Fsp3) is 0.500. The van der Waals surface area contributed by atoms with Crippen LogP contribution in [0, 0.1) is 5.41 Å². The Labute approximate surface area is 167 Å². The van der Waals surface area contributed by atoms with Gasteiger partial charge in [0.2, 0.25) is 5.91 Å². The molecular formula is C24H29N3O. The van der Waals surface area contributed by atoms with E-state index in [-0.39, 0.29) is 11.3 Å². The molecule has 1 aliphatic carbocycles. The lowest BCUT2D eigenvalue weighted by molar-refractivity contribution is -0.142. The molecule has 3 fully saturated rings. The second kappa shape index (κ2) is 7.32. The maximum Gasteiger partial charge on any atom is 0.230 e. The minimum absolute atomic E-state index is 0.0438. The number of rotatable bonds is 4. The second-order valence-electron chi connectivity index (χ2n) is 9.00. The lowest BCUT2D eigenvalue weighted by Gasteiger charge is -2.50. The van der Waals surface area contributed by atoms with Gasteiger partial charge in [-0.05, 0) is 73.9 Å². The van der Waals surface area contributed by atoms with E-state index in [2.05, 4.69) is 51.2 Å². The zero-order valence-corrected chi connectivity index (χ0v) is 16.5. The third kappa shape index (κ3) is 3.58. The molecule has 2 aromatic rings. The maximum absolute atomic E-state index is 13.2. The van der Waals surface area contributed by atoms with E-state index in [1.54, 1.807) is 0 Å². The molecule has 4 heteroatoms. The Balaban J connectivity index is 1.32. The molecule has 2 aliphatic heterocycles. The maximum atomic E-state index is 13.2. The lowest BCUT2D eigenvalue weighted by atomic mass is 9.67. The highest BCUT2D eigenvalue weighted by molar-refractivity contribution is 5.85. The molecule has 1 saturated carbocycles. The molecule has 28 heavy (non-hydrogen) atoms. The molecular weight excluding hydrogens is 346 g/mol. The Bertz CT molecular complexity index is 810. The van der Waals surface area contributed by atoms with Crippen LogP contribution in [0.15, 0.2) is 54.9 Å². The first-order valence-electron chi connectivity index (χ1n) is 10.7. The fourth-order valence-corrected chi connectivity index (χ4v) is 5.16. The predicted octanol–water partition coefficient (Wildman–Crippen LogP) is 3.84. The average molecular weight is 376 g/mol. The molecule has 1 spiro atoms. The SMILES string of the molecule is O=C1[C@@H](c2ccccc2)CC2(CCN(Cc3ccncc3)CC2)CN1C1CC1. The summed E-state index contributed by atoms with van der Waals surface area (Å²) in [6.07, 6.45) is 9.55. The summed E-state index contributed by atoms with van der Waals surface area (Å²) in [5.41, 5.74) is 2.83. The fourth-order valence-electron chi connectivity index (χ4n) is 5.16. The molecule has 5 rings (SSSR count). The molecule has 1 amide bonds. The third-order valence-corrected chi connectivity index (χ3v) is 6.99. The highest BCUT2D eigenvalue weighted by atomic mass is 16.2. The van der Waals surface area contributed by atoms with Crippen molar-refractivity contribution in [3.63, 3.8) is 0 Å². The van der Waals surface area contributed by atoms with Gasteiger partial charge in [0.1, 0.15) is 0 Å². The van der Waals surface area contributed by atoms with Crippen LogP contribution in [0.25, 0.3) is 0 Å². The van der Waals surface area contributed by atoms with Gasteiger partial charge in [-0.1, -0.05) is 30.3 Å². The zero-order valence-electron chi connectivity index (χ0n) is 16.5. The lowest BCUT2D eigenvalue weighted by Crippen LogP contribution is -2.54. The summed E-state index contributed by atoms with van der Waals surface area (Å²) in [5.74, 6) is 0.417. The summed E-state index contributed by atoms with van der Waals surface area (Å²) in [6.45, 7) is 4.22. The van der Waals surface area contributed by atoms with Crippen LogP contribution < -0.4 is 0 Å². The van der Waals surface area contributed by atoms with Gasteiger partial charge < -0.3 is 4.90 Å². The van der Waals surface area contributed by atoms with Gasteiger partial charge in [-0.25, -0.2) is 0 Å². The molecule has 1 aromatic carbocycles. The standard InChI is InChI=1S/C24H29N3O/c28-23-22(20-4-2-1-3-5-20)16-24(18-27(23)21-6-7-21)10-14-26(15-11-24)17-19-8-12-25-13-9-19/h1-5,8-9,12-13,21-22H,6-7,10-11,14-18H2/t22-/m1/s1. The van der Waals surface area contributed by atoms with Gasteiger partial charge in [0.15, 0.2) is 0 Å². The van der Waals surface area contributed by atoms with E-state index in [4.69, 9.17) is 0 Å². The number of carbonyl (C=O) groups excluding carboxylic acids is 1. The summed E-state index contributed by atoms with van der Waals surface area (Å²) >= 11 is 0. The van der Waals surface area contributed by atoms with E-state index in [9.17, 15) is 4.79 Å². The van der Waals surface area contributed by atoms with E-state index >= 15 is 0 Å². The number of benzene rings is 1. The Morgan fingerprint density at radius 3 is 2.39 bits per heavy atom. The summed E-state index contributed by atoms with van der Waals surface area (Å²) in [4.78, 5) is 22.2. The predicted molar refractivity (Wildman–Crippen MR) is 110 cm³/mol. The summed E-state index contributed by atoms with van der Waals surface area (Å²) in [7, 11) is 0. The van der Waals surface area contributed by atoms with Gasteiger partial charge in [-0.3, -0.25) is 14.7 Å². The summed E-state index contributed by atoms with van der Waals surface area (Å²) in [6, 6.07) is 15.2. The Morgan fingerprint density at radius 2 is 1.71 bits per heavy atom. The molecule has 1 aromatic heterocycles. The highest BCUT2D eigenvalue weighted by Crippen LogP contribution is 2.48. The van der Waals surface area contributed by atoms with Gasteiger partial charge in [0.05, 0.1) is 5.92 Å². The van der Waals surface area contributed by atoms with Crippen LogP contribution in [0.2, 0.25) is 0 Å². The zero-order chi connectivity index (χ0) is 19.0. The molecule has 4 nitrogen and oxygen atoms in total. The minimum atomic E-state index is 0.0438. The summed E-state index contributed by atoms with van der Waals surface area (Å²) < 4.78 is 0. The van der Waals surface area contributed by atoms with Crippen molar-refractivity contribution in [2.45, 2.75) is 50.6 Å². The van der Waals surface area contributed by atoms with Crippen LogP contribution in [-0.2, 0) is 11.3 Å². The highest BCUT2D eigenvalue weighted by Gasteiger charge is 2.49. The van der Waals surface area contributed by atoms with Crippen LogP contribution in [0.3, 0.4) is 0 Å². The van der Waals surface area contributed by atoms with Crippen molar-refractivity contribution < 1.29 is 4.79 Å². The van der Waals surface area contributed by atoms with E-state index in [1.165, 1.54) is 36.8 Å². The number of carbonyl (C=O) groups is 1. The van der Waals surface area contributed by atoms with E-state index in [0.29, 0.717) is 11.9 Å². The van der Waals surface area contributed by atoms with E-state index in [1.807, 2.05) is 18.5 Å². The van der Waals surface area contributed by atoms with Gasteiger partial charge >= 0.3 is 0 Å². The smallest absolute Gasteiger partial charge is 0.230 e. The molecule has 1 atom stereocenters. The number of likely N-dealkylation sites (tertiary alicyclic amines) is 2.